The van der Waals surface area contributed by atoms with Gasteiger partial charge in [-0.05, 0) is 40.8 Å². The predicted molar refractivity (Wildman–Crippen MR) is 82.4 cm³/mol. The molecule has 1 aromatic carbocycles. The van der Waals surface area contributed by atoms with Crippen molar-refractivity contribution >= 4 is 33.6 Å². The van der Waals surface area contributed by atoms with Crippen molar-refractivity contribution in [3.63, 3.8) is 0 Å². The Morgan fingerprint density at radius 1 is 1.36 bits per heavy atom. The molecule has 0 unspecified atom stereocenters. The Hall–Kier alpha value is -2.67. The second kappa shape index (κ2) is 4.96. The fourth-order valence-electron chi connectivity index (χ4n) is 2.77. The van der Waals surface area contributed by atoms with Crippen LogP contribution in [0.1, 0.15) is 23.2 Å². The molecule has 1 aliphatic carbocycles. The van der Waals surface area contributed by atoms with E-state index in [2.05, 4.69) is 10.1 Å². The van der Waals surface area contributed by atoms with Crippen LogP contribution in [0.2, 0.25) is 0 Å². The third-order valence-electron chi connectivity index (χ3n) is 3.74. The second-order valence-corrected chi connectivity index (χ2v) is 5.90. The monoisotopic (exact) mass is 311 g/mol. The summed E-state index contributed by atoms with van der Waals surface area (Å²) >= 11 is 1.49. The third-order valence-corrected chi connectivity index (χ3v) is 4.43. The molecule has 108 valence electrons. The topological polar surface area (TPSA) is 73.0 Å². The lowest BCUT2D eigenvalue weighted by Crippen LogP contribution is -2.29. The molecule has 0 saturated heterocycles. The average molecular weight is 311 g/mol. The molecule has 0 atom stereocenters. The van der Waals surface area contributed by atoms with Gasteiger partial charge in [0.05, 0.1) is 4.92 Å². The molecule has 0 aliphatic heterocycles. The number of nitrogens with zero attached hydrogens (tertiary/aromatic N) is 4. The minimum absolute atomic E-state index is 0.105. The van der Waals surface area contributed by atoms with Gasteiger partial charge in [-0.2, -0.15) is 0 Å². The molecule has 3 aromatic rings. The average Bonchev–Trinajstić information content (AvgIpc) is 3.13. The Morgan fingerprint density at radius 2 is 2.27 bits per heavy atom. The van der Waals surface area contributed by atoms with Crippen molar-refractivity contribution < 1.29 is 9.44 Å². The lowest BCUT2D eigenvalue weighted by molar-refractivity contribution is -0.580. The first-order valence-electron chi connectivity index (χ1n) is 6.81. The number of aromatic nitrogens is 3. The molecule has 0 fully saturated rings. The molecule has 0 spiro atoms. The lowest BCUT2D eigenvalue weighted by Gasteiger charge is -1.99. The molecule has 1 aliphatic rings. The van der Waals surface area contributed by atoms with Gasteiger partial charge >= 0.3 is 4.96 Å². The number of hydrogen-bond acceptors (Lipinski definition) is 5. The molecule has 2 heterocycles. The maximum Gasteiger partial charge on any atom is 0.409 e. The summed E-state index contributed by atoms with van der Waals surface area (Å²) in [6.07, 6.45) is 5.72. The number of allylic oxidation sites excluding steroid dienone is 1. The predicted octanol–water partition coefficient (Wildman–Crippen LogP) is 2.67. The van der Waals surface area contributed by atoms with E-state index in [1.807, 2.05) is 22.9 Å². The van der Waals surface area contributed by atoms with Crippen LogP contribution in [0.3, 0.4) is 0 Å². The number of nitro groups is 1. The van der Waals surface area contributed by atoms with Gasteiger partial charge in [-0.15, -0.1) is 0 Å². The summed E-state index contributed by atoms with van der Waals surface area (Å²) < 4.78 is 1.86. The van der Waals surface area contributed by atoms with Crippen LogP contribution in [-0.2, 0) is 6.42 Å². The van der Waals surface area contributed by atoms with E-state index >= 15 is 0 Å². The van der Waals surface area contributed by atoms with Crippen LogP contribution in [-0.4, -0.2) is 15.0 Å². The zero-order chi connectivity index (χ0) is 15.1. The molecule has 2 aromatic heterocycles. The Kier molecular flexibility index (Phi) is 2.93. The van der Waals surface area contributed by atoms with Crippen molar-refractivity contribution in [2.45, 2.75) is 12.8 Å². The van der Waals surface area contributed by atoms with Crippen LogP contribution in [0.5, 0.6) is 0 Å². The Labute approximate surface area is 129 Å². The molecule has 0 amide bonds. The summed E-state index contributed by atoms with van der Waals surface area (Å²) in [4.78, 5) is 15.8. The molecule has 6 nitrogen and oxygen atoms in total. The van der Waals surface area contributed by atoms with Crippen LogP contribution in [0.25, 0.3) is 16.6 Å². The van der Waals surface area contributed by atoms with E-state index in [9.17, 15) is 10.1 Å². The number of benzene rings is 1. The minimum atomic E-state index is -0.373. The van der Waals surface area contributed by atoms with Crippen LogP contribution < -0.4 is 4.52 Å². The fourth-order valence-corrected chi connectivity index (χ4v) is 3.36. The third kappa shape index (κ3) is 2.06. The van der Waals surface area contributed by atoms with Crippen LogP contribution in [0, 0.1) is 10.1 Å². The van der Waals surface area contributed by atoms with Crippen LogP contribution in [0.15, 0.2) is 36.0 Å². The van der Waals surface area contributed by atoms with Crippen molar-refractivity contribution in [3.8, 4) is 0 Å². The number of nitro benzene ring substituents is 1. The SMILES string of the molecule is O=[N+]([O-])c1cccc(/C=C2/CCc3cnc4scn[n+]4c32)c1. The number of fused-ring (bicyclic) bond motifs is 3. The van der Waals surface area contributed by atoms with E-state index in [0.717, 1.165) is 34.6 Å². The molecule has 0 bridgehead atoms. The smallest absolute Gasteiger partial charge is 0.258 e. The zero-order valence-electron chi connectivity index (χ0n) is 11.5. The van der Waals surface area contributed by atoms with Gasteiger partial charge in [0.2, 0.25) is 0 Å². The normalized spacial score (nSPS) is 15.4. The van der Waals surface area contributed by atoms with Gasteiger partial charge < -0.3 is 0 Å². The summed E-state index contributed by atoms with van der Waals surface area (Å²) in [6.45, 7) is 0. The zero-order valence-corrected chi connectivity index (χ0v) is 12.3. The van der Waals surface area contributed by atoms with Gasteiger partial charge in [0.25, 0.3) is 5.69 Å². The second-order valence-electron chi connectivity index (χ2n) is 5.09. The van der Waals surface area contributed by atoms with E-state index in [-0.39, 0.29) is 10.6 Å². The van der Waals surface area contributed by atoms with E-state index in [0.29, 0.717) is 0 Å². The van der Waals surface area contributed by atoms with Gasteiger partial charge in [0.1, 0.15) is 11.7 Å². The molecule has 7 heteroatoms. The van der Waals surface area contributed by atoms with Gasteiger partial charge in [0.15, 0.2) is 5.69 Å². The van der Waals surface area contributed by atoms with Gasteiger partial charge in [-0.25, -0.2) is 0 Å². The maximum absolute atomic E-state index is 10.9. The first kappa shape index (κ1) is 13.0. The fraction of sp³-hybridized carbons (Fsp3) is 0.133. The number of non-ortho nitro benzene ring substituents is 1. The molecular weight excluding hydrogens is 300 g/mol. The van der Waals surface area contributed by atoms with Crippen LogP contribution >= 0.6 is 11.3 Å². The standard InChI is InChI=1S/C15H11N4O2S/c20-19(21)13-3-1-2-10(7-13)6-11-4-5-12-8-16-15-18(14(11)12)17-9-22-15/h1-3,6-9H,4-5H2/q+1/b11-6-. The quantitative estimate of drug-likeness (QED) is 0.414. The summed E-state index contributed by atoms with van der Waals surface area (Å²) in [5.74, 6) is 0. The van der Waals surface area contributed by atoms with E-state index < -0.39 is 0 Å². The van der Waals surface area contributed by atoms with E-state index in [1.54, 1.807) is 17.6 Å². The molecule has 4 rings (SSSR count). The maximum atomic E-state index is 10.9. The highest BCUT2D eigenvalue weighted by molar-refractivity contribution is 7.14. The first-order valence-corrected chi connectivity index (χ1v) is 7.69. The number of rotatable bonds is 2. The van der Waals surface area contributed by atoms with E-state index in [4.69, 9.17) is 0 Å². The number of aryl methyl sites for hydroxylation is 1. The minimum Gasteiger partial charge on any atom is -0.258 e. The first-order chi connectivity index (χ1) is 10.7. The highest BCUT2D eigenvalue weighted by Gasteiger charge is 2.27. The van der Waals surface area contributed by atoms with Crippen molar-refractivity contribution in [1.29, 1.82) is 0 Å². The largest absolute Gasteiger partial charge is 0.409 e. The Bertz CT molecular complexity index is 932. The van der Waals surface area contributed by atoms with Gasteiger partial charge in [-0.1, -0.05) is 21.7 Å². The summed E-state index contributed by atoms with van der Waals surface area (Å²) in [5.41, 5.74) is 6.08. The highest BCUT2D eigenvalue weighted by Crippen LogP contribution is 2.31. The van der Waals surface area contributed by atoms with Crippen molar-refractivity contribution in [2.24, 2.45) is 0 Å². The van der Waals surface area contributed by atoms with E-state index in [1.165, 1.54) is 23.0 Å². The Morgan fingerprint density at radius 3 is 3.14 bits per heavy atom. The van der Waals surface area contributed by atoms with Crippen molar-refractivity contribution in [2.75, 3.05) is 0 Å². The molecule has 22 heavy (non-hydrogen) atoms. The van der Waals surface area contributed by atoms with Crippen LogP contribution in [0.4, 0.5) is 5.69 Å². The molecule has 0 N–H and O–H groups in total. The molecular formula is C15H11N4O2S+. The highest BCUT2D eigenvalue weighted by atomic mass is 32.1. The summed E-state index contributed by atoms with van der Waals surface area (Å²) in [6, 6.07) is 6.68. The van der Waals surface area contributed by atoms with Crippen molar-refractivity contribution in [1.82, 2.24) is 10.1 Å². The summed E-state index contributed by atoms with van der Waals surface area (Å²) in [5, 5.41) is 15.2. The lowest BCUT2D eigenvalue weighted by atomic mass is 10.1. The molecule has 0 saturated carbocycles. The summed E-state index contributed by atoms with van der Waals surface area (Å²) in [7, 11) is 0. The van der Waals surface area contributed by atoms with Crippen molar-refractivity contribution in [3.05, 3.63) is 62.9 Å². The Balaban J connectivity index is 1.84. The van der Waals surface area contributed by atoms with Gasteiger partial charge in [0, 0.05) is 23.3 Å². The molecule has 0 radical (unpaired) electrons. The van der Waals surface area contributed by atoms with Gasteiger partial charge in [-0.3, -0.25) is 10.1 Å². The number of hydrogen-bond donors (Lipinski definition) is 0.